The van der Waals surface area contributed by atoms with E-state index in [9.17, 15) is 9.59 Å². The highest BCUT2D eigenvalue weighted by Gasteiger charge is 2.25. The Balaban J connectivity index is 1.69. The van der Waals surface area contributed by atoms with Gasteiger partial charge in [0.05, 0.1) is 24.1 Å². The molecule has 0 unspecified atom stereocenters. The molecular formula is C19H19ClN2O3. The van der Waals surface area contributed by atoms with Crippen LogP contribution < -0.4 is 15.4 Å². The van der Waals surface area contributed by atoms with Gasteiger partial charge in [-0.2, -0.15) is 0 Å². The van der Waals surface area contributed by atoms with Crippen molar-refractivity contribution < 1.29 is 14.3 Å². The van der Waals surface area contributed by atoms with Crippen LogP contribution in [0.2, 0.25) is 5.02 Å². The second kappa shape index (κ2) is 7.57. The second-order valence-corrected chi connectivity index (χ2v) is 6.39. The van der Waals surface area contributed by atoms with Crippen LogP contribution >= 0.6 is 11.6 Å². The number of hydrogen-bond acceptors (Lipinski definition) is 3. The van der Waals surface area contributed by atoms with Gasteiger partial charge in [0.15, 0.2) is 0 Å². The summed E-state index contributed by atoms with van der Waals surface area (Å²) in [4.78, 5) is 24.5. The lowest BCUT2D eigenvalue weighted by molar-refractivity contribution is -0.115. The Kier molecular flexibility index (Phi) is 5.24. The van der Waals surface area contributed by atoms with Gasteiger partial charge in [0, 0.05) is 17.3 Å². The molecule has 2 aromatic carbocycles. The van der Waals surface area contributed by atoms with Crippen LogP contribution in [0.25, 0.3) is 0 Å². The van der Waals surface area contributed by atoms with Crippen LogP contribution in [-0.4, -0.2) is 25.0 Å². The van der Waals surface area contributed by atoms with Gasteiger partial charge in [-0.1, -0.05) is 29.8 Å². The minimum Gasteiger partial charge on any atom is -0.496 e. The number of nitrogens with one attached hydrogen (secondary N) is 2. The Labute approximate surface area is 151 Å². The van der Waals surface area contributed by atoms with Crippen LogP contribution in [-0.2, 0) is 11.2 Å². The first-order valence-corrected chi connectivity index (χ1v) is 8.47. The monoisotopic (exact) mass is 358 g/mol. The molecule has 1 saturated carbocycles. The fraction of sp³-hybridized carbons (Fsp3) is 0.263. The number of para-hydroxylation sites is 1. The average Bonchev–Trinajstić information content (AvgIpc) is 3.41. The quantitative estimate of drug-likeness (QED) is 0.831. The van der Waals surface area contributed by atoms with Gasteiger partial charge >= 0.3 is 0 Å². The lowest BCUT2D eigenvalue weighted by atomic mass is 10.1. The Morgan fingerprint density at radius 1 is 1.20 bits per heavy atom. The fourth-order valence-electron chi connectivity index (χ4n) is 2.50. The molecule has 25 heavy (non-hydrogen) atoms. The SMILES string of the molecule is COc1ccccc1CC(=O)Nc1ccc(Cl)c(C(=O)NC2CC2)c1. The molecule has 0 aliphatic heterocycles. The predicted molar refractivity (Wildman–Crippen MR) is 97.3 cm³/mol. The minimum atomic E-state index is -0.215. The van der Waals surface area contributed by atoms with Crippen molar-refractivity contribution in [1.29, 1.82) is 0 Å². The average molecular weight is 359 g/mol. The summed E-state index contributed by atoms with van der Waals surface area (Å²) >= 11 is 6.11. The van der Waals surface area contributed by atoms with E-state index >= 15 is 0 Å². The van der Waals surface area contributed by atoms with E-state index in [0.29, 0.717) is 22.0 Å². The Morgan fingerprint density at radius 2 is 1.96 bits per heavy atom. The molecule has 130 valence electrons. The highest BCUT2D eigenvalue weighted by molar-refractivity contribution is 6.34. The lowest BCUT2D eigenvalue weighted by Gasteiger charge is -2.11. The summed E-state index contributed by atoms with van der Waals surface area (Å²) in [6.07, 6.45) is 2.17. The molecule has 2 N–H and O–H groups in total. The van der Waals surface area contributed by atoms with Gasteiger partial charge in [-0.3, -0.25) is 9.59 Å². The maximum absolute atomic E-state index is 12.3. The van der Waals surface area contributed by atoms with Gasteiger partial charge in [0.1, 0.15) is 5.75 Å². The third kappa shape index (κ3) is 4.51. The maximum atomic E-state index is 12.3. The van der Waals surface area contributed by atoms with Gasteiger partial charge < -0.3 is 15.4 Å². The van der Waals surface area contributed by atoms with Crippen molar-refractivity contribution in [3.05, 3.63) is 58.6 Å². The van der Waals surface area contributed by atoms with Crippen molar-refractivity contribution >= 4 is 29.1 Å². The van der Waals surface area contributed by atoms with E-state index in [2.05, 4.69) is 10.6 Å². The summed E-state index contributed by atoms with van der Waals surface area (Å²) in [5.41, 5.74) is 1.69. The van der Waals surface area contributed by atoms with Crippen molar-refractivity contribution in [3.63, 3.8) is 0 Å². The minimum absolute atomic E-state index is 0.177. The highest BCUT2D eigenvalue weighted by Crippen LogP contribution is 2.24. The van der Waals surface area contributed by atoms with Crippen LogP contribution in [0.3, 0.4) is 0 Å². The predicted octanol–water partition coefficient (Wildman–Crippen LogP) is 3.42. The van der Waals surface area contributed by atoms with Gasteiger partial charge in [0.2, 0.25) is 5.91 Å². The summed E-state index contributed by atoms with van der Waals surface area (Å²) in [5, 5.41) is 6.06. The number of carbonyl (C=O) groups excluding carboxylic acids is 2. The van der Waals surface area contributed by atoms with Crippen molar-refractivity contribution in [3.8, 4) is 5.75 Å². The normalized spacial score (nSPS) is 13.2. The van der Waals surface area contributed by atoms with Crippen molar-refractivity contribution in [2.24, 2.45) is 0 Å². The van der Waals surface area contributed by atoms with Gasteiger partial charge in [-0.15, -0.1) is 0 Å². The van der Waals surface area contributed by atoms with E-state index in [1.807, 2.05) is 24.3 Å². The number of ether oxygens (including phenoxy) is 1. The molecule has 0 atom stereocenters. The number of methoxy groups -OCH3 is 1. The molecule has 1 aliphatic rings. The van der Waals surface area contributed by atoms with E-state index in [1.165, 1.54) is 0 Å². The van der Waals surface area contributed by atoms with E-state index in [4.69, 9.17) is 16.3 Å². The zero-order chi connectivity index (χ0) is 17.8. The van der Waals surface area contributed by atoms with Gasteiger partial charge in [0.25, 0.3) is 5.91 Å². The molecule has 0 bridgehead atoms. The number of halogens is 1. The molecule has 3 rings (SSSR count). The van der Waals surface area contributed by atoms with E-state index < -0.39 is 0 Å². The van der Waals surface area contributed by atoms with Gasteiger partial charge in [-0.25, -0.2) is 0 Å². The Bertz CT molecular complexity index is 803. The molecule has 0 spiro atoms. The number of carbonyl (C=O) groups is 2. The zero-order valence-electron chi connectivity index (χ0n) is 13.8. The van der Waals surface area contributed by atoms with Crippen molar-refractivity contribution in [2.75, 3.05) is 12.4 Å². The summed E-state index contributed by atoms with van der Waals surface area (Å²) in [5.74, 6) is 0.256. The van der Waals surface area contributed by atoms with Crippen LogP contribution in [0.5, 0.6) is 5.75 Å². The molecule has 0 heterocycles. The smallest absolute Gasteiger partial charge is 0.253 e. The first kappa shape index (κ1) is 17.3. The number of benzene rings is 2. The number of hydrogen-bond donors (Lipinski definition) is 2. The van der Waals surface area contributed by atoms with Crippen LogP contribution in [0.4, 0.5) is 5.69 Å². The lowest BCUT2D eigenvalue weighted by Crippen LogP contribution is -2.26. The summed E-state index contributed by atoms with van der Waals surface area (Å²) in [6.45, 7) is 0. The first-order chi connectivity index (χ1) is 12.1. The number of amides is 2. The molecule has 1 fully saturated rings. The van der Waals surface area contributed by atoms with Crippen molar-refractivity contribution in [2.45, 2.75) is 25.3 Å². The molecule has 2 aromatic rings. The number of rotatable bonds is 6. The van der Waals surface area contributed by atoms with Gasteiger partial charge in [-0.05, 0) is 37.1 Å². The highest BCUT2D eigenvalue weighted by atomic mass is 35.5. The first-order valence-electron chi connectivity index (χ1n) is 8.09. The molecular weight excluding hydrogens is 340 g/mol. The van der Waals surface area contributed by atoms with E-state index in [0.717, 1.165) is 18.4 Å². The maximum Gasteiger partial charge on any atom is 0.253 e. The van der Waals surface area contributed by atoms with E-state index in [1.54, 1.807) is 25.3 Å². The third-order valence-corrected chi connectivity index (χ3v) is 4.28. The molecule has 5 nitrogen and oxygen atoms in total. The Hall–Kier alpha value is -2.53. The molecule has 1 aliphatic carbocycles. The number of anilines is 1. The second-order valence-electron chi connectivity index (χ2n) is 5.98. The molecule has 6 heteroatoms. The standard InChI is InChI=1S/C19H19ClN2O3/c1-25-17-5-3-2-4-12(17)10-18(23)21-14-8-9-16(20)15(11-14)19(24)22-13-6-7-13/h2-5,8-9,11,13H,6-7,10H2,1H3,(H,21,23)(H,22,24). The summed E-state index contributed by atoms with van der Waals surface area (Å²) < 4.78 is 5.26. The molecule has 2 amide bonds. The van der Waals surface area contributed by atoms with Crippen LogP contribution in [0.1, 0.15) is 28.8 Å². The Morgan fingerprint density at radius 3 is 2.68 bits per heavy atom. The summed E-state index contributed by atoms with van der Waals surface area (Å²) in [6, 6.07) is 12.5. The fourth-order valence-corrected chi connectivity index (χ4v) is 2.70. The largest absolute Gasteiger partial charge is 0.496 e. The summed E-state index contributed by atoms with van der Waals surface area (Å²) in [7, 11) is 1.57. The van der Waals surface area contributed by atoms with E-state index in [-0.39, 0.29) is 24.3 Å². The molecule has 0 saturated heterocycles. The van der Waals surface area contributed by atoms with Crippen LogP contribution in [0, 0.1) is 0 Å². The van der Waals surface area contributed by atoms with Crippen molar-refractivity contribution in [1.82, 2.24) is 5.32 Å². The molecule has 0 radical (unpaired) electrons. The van der Waals surface area contributed by atoms with Crippen LogP contribution in [0.15, 0.2) is 42.5 Å². The molecule has 0 aromatic heterocycles. The zero-order valence-corrected chi connectivity index (χ0v) is 14.6. The topological polar surface area (TPSA) is 67.4 Å². The third-order valence-electron chi connectivity index (χ3n) is 3.95.